The highest BCUT2D eigenvalue weighted by atomic mass is 35.5. The van der Waals surface area contributed by atoms with Crippen LogP contribution in [0.15, 0.2) is 97.1 Å². The van der Waals surface area contributed by atoms with Gasteiger partial charge in [-0.3, -0.25) is 28.8 Å². The maximum Gasteiger partial charge on any atom is 0.271 e. The number of hydrogen-bond donors (Lipinski definition) is 9. The molecule has 6 amide bonds. The topological polar surface area (TPSA) is 250 Å². The van der Waals surface area contributed by atoms with Crippen LogP contribution in [0.5, 0.6) is 17.2 Å². The van der Waals surface area contributed by atoms with Gasteiger partial charge in [0.25, 0.3) is 35.4 Å². The van der Waals surface area contributed by atoms with Crippen molar-refractivity contribution in [3.05, 3.63) is 158 Å². The second kappa shape index (κ2) is 24.1. The lowest BCUT2D eigenvalue weighted by Crippen LogP contribution is -2.36. The van der Waals surface area contributed by atoms with Crippen molar-refractivity contribution >= 4 is 58.6 Å². The first-order chi connectivity index (χ1) is 36.1. The van der Waals surface area contributed by atoms with Crippen molar-refractivity contribution in [3.63, 3.8) is 0 Å². The van der Waals surface area contributed by atoms with Gasteiger partial charge in [-0.05, 0) is 100 Å². The molecule has 394 valence electrons. The lowest BCUT2D eigenvalue weighted by Gasteiger charge is -2.19. The molecule has 6 unspecified atom stereocenters. The molecule has 8 rings (SSSR count). The zero-order chi connectivity index (χ0) is 53.3. The van der Waals surface area contributed by atoms with Gasteiger partial charge in [-0.2, -0.15) is 0 Å². The molecular weight excluding hydrogens is 1000 g/mol. The molecule has 6 aromatic rings. The summed E-state index contributed by atoms with van der Waals surface area (Å²) in [5.74, 6) is -2.02. The molecule has 3 aromatic heterocycles. The molecular formula is C55H61Cl2N9O9. The van der Waals surface area contributed by atoms with E-state index in [1.54, 1.807) is 56.3 Å². The molecule has 3 aromatic carbocycles. The van der Waals surface area contributed by atoms with Crippen LogP contribution in [0.1, 0.15) is 151 Å². The zero-order valence-electron chi connectivity index (χ0n) is 42.2. The van der Waals surface area contributed by atoms with E-state index in [2.05, 4.69) is 46.9 Å². The number of rotatable bonds is 24. The van der Waals surface area contributed by atoms with Crippen LogP contribution in [-0.2, 0) is 0 Å². The molecule has 2 saturated carbocycles. The van der Waals surface area contributed by atoms with Gasteiger partial charge in [0, 0.05) is 72.9 Å². The van der Waals surface area contributed by atoms with E-state index < -0.39 is 47.8 Å². The number of carbonyl (C=O) groups excluding carboxylic acids is 6. The number of aromatic amines is 3. The van der Waals surface area contributed by atoms with E-state index in [4.69, 9.17) is 37.4 Å². The average molecular weight is 1060 g/mol. The van der Waals surface area contributed by atoms with Crippen molar-refractivity contribution in [1.82, 2.24) is 46.9 Å². The number of aromatic nitrogens is 3. The Bertz CT molecular complexity index is 3010. The van der Waals surface area contributed by atoms with Crippen LogP contribution in [0.4, 0.5) is 0 Å². The Hall–Kier alpha value is -7.70. The summed E-state index contributed by atoms with van der Waals surface area (Å²) in [4.78, 5) is 89.2. The van der Waals surface area contributed by atoms with Gasteiger partial charge in [-0.15, -0.1) is 0 Å². The second-order valence-electron chi connectivity index (χ2n) is 18.8. The molecule has 0 bridgehead atoms. The smallest absolute Gasteiger partial charge is 0.271 e. The van der Waals surface area contributed by atoms with E-state index in [-0.39, 0.29) is 94.4 Å². The van der Waals surface area contributed by atoms with Crippen LogP contribution in [0, 0.1) is 11.8 Å². The predicted octanol–water partition coefficient (Wildman–Crippen LogP) is 8.38. The Morgan fingerprint density at radius 1 is 0.600 bits per heavy atom. The summed E-state index contributed by atoms with van der Waals surface area (Å²) in [6.45, 7) is 7.96. The molecule has 9 N–H and O–H groups in total. The fraction of sp³-hybridized carbons (Fsp3) is 0.345. The van der Waals surface area contributed by atoms with Gasteiger partial charge < -0.3 is 61.1 Å². The standard InChI is InChI=1S/C55H61Cl2N9O9/c1-6-59-50(67)40-25-45(75-49(35-12-13-35)34-10-8-7-9-11-34)48(63-40)55(72)61-28-36-24-39(36)66-52(69)42-27-44(74-31(4)33-16-20-38(57)21-17-33)47(65-42)54(71)60-23-22-29(2)62-51(68)41-26-43(46(64-41)53(70)58-5)73-30(3)32-14-18-37(56)19-15-32/h7-11,14-21,25-27,29-31,35-36,39,49,63-65H,6,12-13,22-24,28H2,1-5H3,(H,58,70)(H,59,67)(H,60,71)(H,61,72)(H,62,68)(H,66,69). The normalized spacial score (nSPS) is 16.3. The first-order valence-corrected chi connectivity index (χ1v) is 25.8. The Morgan fingerprint density at radius 2 is 1.11 bits per heavy atom. The fourth-order valence-electron chi connectivity index (χ4n) is 8.51. The lowest BCUT2D eigenvalue weighted by atomic mass is 10.1. The van der Waals surface area contributed by atoms with Crippen molar-refractivity contribution in [3.8, 4) is 17.2 Å². The third kappa shape index (κ3) is 13.7. The third-order valence-electron chi connectivity index (χ3n) is 13.0. The van der Waals surface area contributed by atoms with Gasteiger partial charge in [-0.25, -0.2) is 0 Å². The first-order valence-electron chi connectivity index (χ1n) is 25.0. The van der Waals surface area contributed by atoms with E-state index in [9.17, 15) is 28.8 Å². The highest BCUT2D eigenvalue weighted by molar-refractivity contribution is 6.30. The summed E-state index contributed by atoms with van der Waals surface area (Å²) in [7, 11) is 1.47. The minimum Gasteiger partial charge on any atom is -0.484 e. The molecule has 0 aliphatic heterocycles. The van der Waals surface area contributed by atoms with Crippen LogP contribution in [0.25, 0.3) is 0 Å². The molecule has 0 radical (unpaired) electrons. The molecule has 75 heavy (non-hydrogen) atoms. The van der Waals surface area contributed by atoms with Gasteiger partial charge in [0.05, 0.1) is 0 Å². The molecule has 2 aliphatic carbocycles. The van der Waals surface area contributed by atoms with Gasteiger partial charge in [0.1, 0.15) is 52.5 Å². The Morgan fingerprint density at radius 3 is 1.64 bits per heavy atom. The Balaban J connectivity index is 0.880. The summed E-state index contributed by atoms with van der Waals surface area (Å²) < 4.78 is 18.9. The molecule has 2 fully saturated rings. The van der Waals surface area contributed by atoms with E-state index >= 15 is 0 Å². The molecule has 0 saturated heterocycles. The van der Waals surface area contributed by atoms with E-state index in [0.29, 0.717) is 29.4 Å². The van der Waals surface area contributed by atoms with Crippen molar-refractivity contribution < 1.29 is 43.0 Å². The average Bonchev–Trinajstić information content (AvgIpc) is 4.23. The first kappa shape index (κ1) is 53.6. The number of carbonyl (C=O) groups is 6. The number of hydrogen-bond acceptors (Lipinski definition) is 9. The highest BCUT2D eigenvalue weighted by Crippen LogP contribution is 2.44. The summed E-state index contributed by atoms with van der Waals surface area (Å²) in [5, 5.41) is 18.1. The third-order valence-corrected chi connectivity index (χ3v) is 13.6. The van der Waals surface area contributed by atoms with E-state index in [1.165, 1.54) is 19.2 Å². The Labute approximate surface area is 444 Å². The number of benzene rings is 3. The van der Waals surface area contributed by atoms with Crippen molar-refractivity contribution in [2.24, 2.45) is 11.8 Å². The summed E-state index contributed by atoms with van der Waals surface area (Å²) >= 11 is 12.2. The largest absolute Gasteiger partial charge is 0.484 e. The molecule has 0 spiro atoms. The van der Waals surface area contributed by atoms with Crippen LogP contribution in [-0.4, -0.2) is 89.2 Å². The number of ether oxygens (including phenoxy) is 3. The van der Waals surface area contributed by atoms with Crippen molar-refractivity contribution in [1.29, 1.82) is 0 Å². The summed E-state index contributed by atoms with van der Waals surface area (Å²) in [5.41, 5.74) is 3.19. The number of amides is 6. The zero-order valence-corrected chi connectivity index (χ0v) is 43.7. The maximum absolute atomic E-state index is 13.8. The number of nitrogens with one attached hydrogen (secondary N) is 9. The van der Waals surface area contributed by atoms with Crippen LogP contribution in [0.2, 0.25) is 10.0 Å². The van der Waals surface area contributed by atoms with Gasteiger partial charge in [-0.1, -0.05) is 77.8 Å². The Kier molecular flexibility index (Phi) is 17.2. The van der Waals surface area contributed by atoms with Gasteiger partial charge >= 0.3 is 0 Å². The monoisotopic (exact) mass is 1060 g/mol. The maximum atomic E-state index is 13.8. The van der Waals surface area contributed by atoms with Crippen LogP contribution in [0.3, 0.4) is 0 Å². The van der Waals surface area contributed by atoms with Crippen LogP contribution < -0.4 is 46.1 Å². The van der Waals surface area contributed by atoms with Crippen molar-refractivity contribution in [2.45, 2.75) is 83.8 Å². The van der Waals surface area contributed by atoms with E-state index in [1.807, 2.05) is 56.3 Å². The van der Waals surface area contributed by atoms with E-state index in [0.717, 1.165) is 29.5 Å². The number of halogens is 2. The van der Waals surface area contributed by atoms with Gasteiger partial charge in [0.15, 0.2) is 17.2 Å². The SMILES string of the molecule is CCNC(=O)c1cc(OC(c2ccccc2)C2CC2)c(C(=O)NCC2CC2NC(=O)c2cc(OC(C)c3ccc(Cl)cc3)c(C(=O)NCCC(C)NC(=O)c3cc(OC(C)c4ccc(Cl)cc4)c(C(=O)NC)[nH]3)[nH]2)[nH]1. The van der Waals surface area contributed by atoms with Crippen molar-refractivity contribution in [2.75, 3.05) is 26.7 Å². The molecule has 3 heterocycles. The molecule has 6 atom stereocenters. The summed E-state index contributed by atoms with van der Waals surface area (Å²) in [6.07, 6.45) is 1.58. The predicted molar refractivity (Wildman–Crippen MR) is 283 cm³/mol. The molecule has 20 heteroatoms. The van der Waals surface area contributed by atoms with Gasteiger partial charge in [0.2, 0.25) is 0 Å². The quantitative estimate of drug-likeness (QED) is 0.0282. The van der Waals surface area contributed by atoms with Crippen LogP contribution >= 0.6 is 23.2 Å². The fourth-order valence-corrected chi connectivity index (χ4v) is 8.76. The molecule has 18 nitrogen and oxygen atoms in total. The minimum absolute atomic E-state index is 0.0119. The minimum atomic E-state index is -0.552. The second-order valence-corrected chi connectivity index (χ2v) is 19.7. The molecule has 2 aliphatic rings. The summed E-state index contributed by atoms with van der Waals surface area (Å²) in [6, 6.07) is 27.7. The lowest BCUT2D eigenvalue weighted by molar-refractivity contribution is 0.0918. The number of H-pyrrole nitrogens is 3. The highest BCUT2D eigenvalue weighted by Gasteiger charge is 2.40.